The molecule has 0 bridgehead atoms. The summed E-state index contributed by atoms with van der Waals surface area (Å²) in [5, 5.41) is 1.58. The quantitative estimate of drug-likeness (QED) is 0.481. The van der Waals surface area contributed by atoms with Crippen LogP contribution in [0, 0.1) is 0 Å². The Balaban J connectivity index is 2.78. The van der Waals surface area contributed by atoms with Gasteiger partial charge in [-0.3, -0.25) is 4.90 Å². The monoisotopic (exact) mass is 387 g/mol. The Hall–Kier alpha value is -1.38. The van der Waals surface area contributed by atoms with Crippen LogP contribution in [-0.4, -0.2) is 66.0 Å². The van der Waals surface area contributed by atoms with E-state index in [9.17, 15) is 9.59 Å². The van der Waals surface area contributed by atoms with Crippen molar-refractivity contribution < 1.29 is 24.0 Å². The average Bonchev–Trinajstić information content (AvgIpc) is 2.61. The Morgan fingerprint density at radius 2 is 1.81 bits per heavy atom. The van der Waals surface area contributed by atoms with Crippen molar-refractivity contribution in [2.75, 3.05) is 26.2 Å². The van der Waals surface area contributed by atoms with Gasteiger partial charge in [-0.25, -0.2) is 9.59 Å². The first-order valence-electron chi connectivity index (χ1n) is 10.0. The van der Waals surface area contributed by atoms with Crippen LogP contribution in [0.15, 0.2) is 0 Å². The number of amides is 1. The molecule has 27 heavy (non-hydrogen) atoms. The van der Waals surface area contributed by atoms with Crippen molar-refractivity contribution >= 4 is 12.1 Å². The summed E-state index contributed by atoms with van der Waals surface area (Å²) >= 11 is 0. The number of carbonyl (C=O) groups is 2. The van der Waals surface area contributed by atoms with Gasteiger partial charge in [-0.1, -0.05) is 13.3 Å². The molecule has 0 aromatic heterocycles. The summed E-state index contributed by atoms with van der Waals surface area (Å²) in [4.78, 5) is 37.7. The molecule has 1 amide bonds. The highest BCUT2D eigenvalue weighted by molar-refractivity contribution is 5.81. The standard InChI is InChI=1S/C19H37N3O5/c1-7-10-13-25-20-15-11-12-16(17(23)27-21(8-2)9-3)22(14-15)18(24)26-19(4,5)6/h15-16,20H,7-14H2,1-6H3/t15-,16+/m1/s1. The molecule has 0 spiro atoms. The van der Waals surface area contributed by atoms with E-state index in [0.29, 0.717) is 39.1 Å². The molecule has 0 radical (unpaired) electrons. The number of nitrogens with zero attached hydrogens (tertiary/aromatic N) is 2. The lowest BCUT2D eigenvalue weighted by atomic mass is 9.99. The van der Waals surface area contributed by atoms with Crippen molar-refractivity contribution in [3.63, 3.8) is 0 Å². The zero-order valence-corrected chi connectivity index (χ0v) is 17.7. The number of hydrogen-bond acceptors (Lipinski definition) is 7. The van der Waals surface area contributed by atoms with Crippen LogP contribution in [0.1, 0.15) is 67.2 Å². The van der Waals surface area contributed by atoms with E-state index in [1.807, 2.05) is 34.6 Å². The van der Waals surface area contributed by atoms with Gasteiger partial charge in [0.25, 0.3) is 0 Å². The fourth-order valence-corrected chi connectivity index (χ4v) is 2.77. The molecule has 0 aromatic rings. The van der Waals surface area contributed by atoms with E-state index >= 15 is 0 Å². The van der Waals surface area contributed by atoms with Crippen molar-refractivity contribution in [3.05, 3.63) is 0 Å². The molecule has 0 aromatic carbocycles. The molecule has 1 saturated heterocycles. The zero-order valence-electron chi connectivity index (χ0n) is 17.7. The molecule has 0 saturated carbocycles. The summed E-state index contributed by atoms with van der Waals surface area (Å²) < 4.78 is 5.50. The van der Waals surface area contributed by atoms with E-state index in [2.05, 4.69) is 12.4 Å². The van der Waals surface area contributed by atoms with Gasteiger partial charge in [0.2, 0.25) is 0 Å². The summed E-state index contributed by atoms with van der Waals surface area (Å²) in [7, 11) is 0. The maximum Gasteiger partial charge on any atom is 0.411 e. The first-order valence-corrected chi connectivity index (χ1v) is 10.0. The maximum absolute atomic E-state index is 12.7. The first kappa shape index (κ1) is 23.7. The Bertz CT molecular complexity index is 463. The fourth-order valence-electron chi connectivity index (χ4n) is 2.77. The van der Waals surface area contributed by atoms with Gasteiger partial charge >= 0.3 is 12.1 Å². The first-order chi connectivity index (χ1) is 12.7. The number of ether oxygens (including phenoxy) is 1. The molecule has 1 rings (SSSR count). The van der Waals surface area contributed by atoms with Gasteiger partial charge in [0, 0.05) is 19.6 Å². The highest BCUT2D eigenvalue weighted by atomic mass is 16.7. The normalized spacial score (nSPS) is 20.6. The van der Waals surface area contributed by atoms with Gasteiger partial charge in [-0.05, 0) is 53.9 Å². The molecule has 2 atom stereocenters. The second kappa shape index (κ2) is 11.5. The van der Waals surface area contributed by atoms with Crippen molar-refractivity contribution in [2.45, 2.75) is 84.9 Å². The number of hydrogen-bond donors (Lipinski definition) is 1. The summed E-state index contributed by atoms with van der Waals surface area (Å²) in [6, 6.07) is -0.707. The minimum Gasteiger partial charge on any atom is -0.444 e. The van der Waals surface area contributed by atoms with Gasteiger partial charge in [-0.15, -0.1) is 5.06 Å². The smallest absolute Gasteiger partial charge is 0.411 e. The highest BCUT2D eigenvalue weighted by Gasteiger charge is 2.39. The lowest BCUT2D eigenvalue weighted by molar-refractivity contribution is -0.196. The SMILES string of the molecule is CCCCON[C@@H]1CC[C@@H](C(=O)ON(CC)CC)N(C(=O)OC(C)(C)C)C1. The van der Waals surface area contributed by atoms with Crippen LogP contribution < -0.4 is 5.48 Å². The molecule has 8 heteroatoms. The molecule has 158 valence electrons. The van der Waals surface area contributed by atoms with E-state index in [-0.39, 0.29) is 6.04 Å². The molecule has 1 aliphatic rings. The van der Waals surface area contributed by atoms with Crippen molar-refractivity contribution in [1.82, 2.24) is 15.4 Å². The second-order valence-corrected chi connectivity index (χ2v) is 7.77. The molecule has 1 fully saturated rings. The average molecular weight is 388 g/mol. The van der Waals surface area contributed by atoms with Crippen molar-refractivity contribution in [3.8, 4) is 0 Å². The van der Waals surface area contributed by atoms with Crippen LogP contribution in [0.4, 0.5) is 4.79 Å². The number of nitrogens with one attached hydrogen (secondary N) is 1. The summed E-state index contributed by atoms with van der Waals surface area (Å²) in [5.74, 6) is -0.421. The second-order valence-electron chi connectivity index (χ2n) is 7.77. The number of carbonyl (C=O) groups excluding carboxylic acids is 2. The van der Waals surface area contributed by atoms with Gasteiger partial charge in [0.15, 0.2) is 0 Å². The minimum absolute atomic E-state index is 0.0492. The lowest BCUT2D eigenvalue weighted by Gasteiger charge is -2.39. The molecule has 0 unspecified atom stereocenters. The molecular formula is C19H37N3O5. The van der Waals surface area contributed by atoms with Crippen LogP contribution in [0.25, 0.3) is 0 Å². The summed E-state index contributed by atoms with van der Waals surface area (Å²) in [6.07, 6.45) is 2.71. The molecule has 1 N–H and O–H groups in total. The number of piperidine rings is 1. The van der Waals surface area contributed by atoms with Crippen LogP contribution in [0.3, 0.4) is 0 Å². The van der Waals surface area contributed by atoms with Gasteiger partial charge < -0.3 is 14.4 Å². The fraction of sp³-hybridized carbons (Fsp3) is 0.895. The van der Waals surface area contributed by atoms with Crippen LogP contribution in [0.2, 0.25) is 0 Å². The Morgan fingerprint density at radius 1 is 1.15 bits per heavy atom. The van der Waals surface area contributed by atoms with Gasteiger partial charge in [-0.2, -0.15) is 5.48 Å². The largest absolute Gasteiger partial charge is 0.444 e. The third-order valence-electron chi connectivity index (χ3n) is 4.26. The molecule has 8 nitrogen and oxygen atoms in total. The maximum atomic E-state index is 12.7. The van der Waals surface area contributed by atoms with Crippen LogP contribution in [0.5, 0.6) is 0 Å². The van der Waals surface area contributed by atoms with E-state index in [0.717, 1.165) is 12.8 Å². The Labute approximate surface area is 163 Å². The third kappa shape index (κ3) is 8.45. The predicted octanol–water partition coefficient (Wildman–Crippen LogP) is 2.88. The molecule has 1 aliphatic heterocycles. The number of unbranched alkanes of at least 4 members (excludes halogenated alkanes) is 1. The van der Waals surface area contributed by atoms with Crippen LogP contribution in [-0.2, 0) is 19.2 Å². The topological polar surface area (TPSA) is 80.3 Å². The Kier molecular flexibility index (Phi) is 10.0. The van der Waals surface area contributed by atoms with E-state index in [4.69, 9.17) is 14.4 Å². The van der Waals surface area contributed by atoms with E-state index in [1.165, 1.54) is 4.90 Å². The van der Waals surface area contributed by atoms with Crippen molar-refractivity contribution in [1.29, 1.82) is 0 Å². The summed E-state index contributed by atoms with van der Waals surface area (Å²) in [5.41, 5.74) is 2.38. The lowest BCUT2D eigenvalue weighted by Crippen LogP contribution is -2.57. The third-order valence-corrected chi connectivity index (χ3v) is 4.26. The Morgan fingerprint density at radius 3 is 2.37 bits per heavy atom. The summed E-state index contributed by atoms with van der Waals surface area (Å²) in [6.45, 7) is 13.5. The minimum atomic E-state index is -0.658. The van der Waals surface area contributed by atoms with Crippen molar-refractivity contribution in [2.24, 2.45) is 0 Å². The molecule has 1 heterocycles. The predicted molar refractivity (Wildman–Crippen MR) is 103 cm³/mol. The molecular weight excluding hydrogens is 350 g/mol. The molecule has 0 aliphatic carbocycles. The van der Waals surface area contributed by atoms with Gasteiger partial charge in [0.05, 0.1) is 12.6 Å². The highest BCUT2D eigenvalue weighted by Crippen LogP contribution is 2.22. The van der Waals surface area contributed by atoms with E-state index in [1.54, 1.807) is 5.06 Å². The number of hydroxylamine groups is 3. The van der Waals surface area contributed by atoms with Gasteiger partial charge in [0.1, 0.15) is 11.6 Å². The van der Waals surface area contributed by atoms with E-state index < -0.39 is 23.7 Å². The zero-order chi connectivity index (χ0) is 20.4. The van der Waals surface area contributed by atoms with Crippen LogP contribution >= 0.6 is 0 Å². The number of rotatable bonds is 9. The number of likely N-dealkylation sites (tertiary alicyclic amines) is 1.